The van der Waals surface area contributed by atoms with Crippen molar-refractivity contribution in [3.63, 3.8) is 0 Å². The molecule has 1 heterocycles. The number of hydrogen-bond donors (Lipinski definition) is 0. The van der Waals surface area contributed by atoms with Crippen molar-refractivity contribution in [1.29, 1.82) is 0 Å². The van der Waals surface area contributed by atoms with Crippen LogP contribution >= 0.6 is 0 Å². The Labute approximate surface area is 302 Å². The molecule has 1 aromatic heterocycles. The maximum Gasteiger partial charge on any atom is 0.164 e. The molecule has 0 aliphatic heterocycles. The molecule has 0 spiro atoms. The van der Waals surface area contributed by atoms with Gasteiger partial charge in [0.05, 0.1) is 0 Å². The lowest BCUT2D eigenvalue weighted by molar-refractivity contribution is 1.07. The van der Waals surface area contributed by atoms with Crippen molar-refractivity contribution in [3.8, 4) is 89.8 Å². The van der Waals surface area contributed by atoms with Crippen LogP contribution in [0.2, 0.25) is 0 Å². The summed E-state index contributed by atoms with van der Waals surface area (Å²) in [6.45, 7) is 0. The Kier molecular flexibility index (Phi) is 7.14. The largest absolute Gasteiger partial charge is 0.208 e. The Morgan fingerprint density at radius 2 is 0.673 bits per heavy atom. The van der Waals surface area contributed by atoms with Gasteiger partial charge in [-0.15, -0.1) is 0 Å². The summed E-state index contributed by atoms with van der Waals surface area (Å²) in [5.74, 6) is 1.96. The minimum absolute atomic E-state index is 0.646. The van der Waals surface area contributed by atoms with Gasteiger partial charge >= 0.3 is 0 Å². The summed E-state index contributed by atoms with van der Waals surface area (Å²) < 4.78 is 0. The zero-order chi connectivity index (χ0) is 34.4. The number of aromatic nitrogens is 3. The van der Waals surface area contributed by atoms with E-state index in [2.05, 4.69) is 127 Å². The van der Waals surface area contributed by atoms with E-state index < -0.39 is 0 Å². The summed E-state index contributed by atoms with van der Waals surface area (Å²) in [7, 11) is 0. The van der Waals surface area contributed by atoms with E-state index in [1.54, 1.807) is 0 Å². The van der Waals surface area contributed by atoms with Gasteiger partial charge in [0, 0.05) is 16.7 Å². The number of fused-ring (bicyclic) bond motifs is 3. The monoisotopic (exact) mass is 661 g/mol. The summed E-state index contributed by atoms with van der Waals surface area (Å²) in [5, 5.41) is 2.59. The van der Waals surface area contributed by atoms with Crippen LogP contribution in [0.25, 0.3) is 101 Å². The number of benzene rings is 8. The zero-order valence-corrected chi connectivity index (χ0v) is 28.2. The van der Waals surface area contributed by atoms with Gasteiger partial charge in [0.25, 0.3) is 0 Å². The second kappa shape index (κ2) is 12.4. The van der Waals surface area contributed by atoms with Crippen LogP contribution < -0.4 is 0 Å². The molecule has 3 heteroatoms. The van der Waals surface area contributed by atoms with Crippen molar-refractivity contribution in [2.75, 3.05) is 0 Å². The molecule has 9 aromatic rings. The quantitative estimate of drug-likeness (QED) is 0.178. The molecule has 1 aliphatic carbocycles. The number of nitrogens with zero attached hydrogens (tertiary/aromatic N) is 3. The van der Waals surface area contributed by atoms with Crippen molar-refractivity contribution in [2.45, 2.75) is 0 Å². The zero-order valence-electron chi connectivity index (χ0n) is 28.2. The summed E-state index contributed by atoms with van der Waals surface area (Å²) >= 11 is 0. The van der Waals surface area contributed by atoms with E-state index in [9.17, 15) is 0 Å². The van der Waals surface area contributed by atoms with E-state index in [0.29, 0.717) is 17.5 Å². The molecular formula is C49H31N3. The molecule has 0 N–H and O–H groups in total. The molecule has 0 radical (unpaired) electrons. The van der Waals surface area contributed by atoms with Gasteiger partial charge in [0.1, 0.15) is 0 Å². The minimum atomic E-state index is 0.646. The lowest BCUT2D eigenvalue weighted by Crippen LogP contribution is -2.00. The van der Waals surface area contributed by atoms with Crippen LogP contribution in [0, 0.1) is 0 Å². The maximum absolute atomic E-state index is 4.96. The third kappa shape index (κ3) is 5.10. The molecule has 0 atom stereocenters. The Morgan fingerprint density at radius 3 is 1.25 bits per heavy atom. The smallest absolute Gasteiger partial charge is 0.164 e. The van der Waals surface area contributed by atoms with Crippen molar-refractivity contribution < 1.29 is 0 Å². The predicted molar refractivity (Wildman–Crippen MR) is 214 cm³/mol. The molecule has 3 nitrogen and oxygen atoms in total. The van der Waals surface area contributed by atoms with Crippen molar-refractivity contribution >= 4 is 10.8 Å². The van der Waals surface area contributed by atoms with Gasteiger partial charge in [-0.25, -0.2) is 15.0 Å². The highest BCUT2D eigenvalue weighted by Gasteiger charge is 2.26. The molecule has 0 fully saturated rings. The molecule has 0 saturated heterocycles. The standard InChI is InChI=1S/C49H31N3/c1-4-14-33(15-5-1)39-22-10-11-23-40(39)43-30-38(31-44-41-24-12-20-34-21-13-25-42(45(34)41)46(43)44)32-26-28-37(29-27-32)49-51-47(35-16-6-2-7-17-35)50-48(52-49)36-18-8-3-9-19-36/h1-31H. The summed E-state index contributed by atoms with van der Waals surface area (Å²) in [4.78, 5) is 14.8. The topological polar surface area (TPSA) is 38.7 Å². The van der Waals surface area contributed by atoms with Crippen LogP contribution in [0.1, 0.15) is 0 Å². The number of hydrogen-bond acceptors (Lipinski definition) is 3. The van der Waals surface area contributed by atoms with Crippen LogP contribution in [0.5, 0.6) is 0 Å². The van der Waals surface area contributed by atoms with E-state index >= 15 is 0 Å². The Morgan fingerprint density at radius 1 is 0.250 bits per heavy atom. The van der Waals surface area contributed by atoms with Gasteiger partial charge in [-0.3, -0.25) is 0 Å². The second-order valence-electron chi connectivity index (χ2n) is 13.2. The van der Waals surface area contributed by atoms with Gasteiger partial charge in [0.15, 0.2) is 17.5 Å². The molecule has 8 aromatic carbocycles. The Bertz CT molecular complexity index is 2690. The average molecular weight is 662 g/mol. The predicted octanol–water partition coefficient (Wildman–Crippen LogP) is 12.7. The molecule has 242 valence electrons. The van der Waals surface area contributed by atoms with Crippen molar-refractivity contribution in [2.24, 2.45) is 0 Å². The highest BCUT2D eigenvalue weighted by Crippen LogP contribution is 2.53. The fourth-order valence-corrected chi connectivity index (χ4v) is 7.63. The highest BCUT2D eigenvalue weighted by atomic mass is 15.0. The SMILES string of the molecule is c1ccc(-c2nc(-c3ccccc3)nc(-c3ccc(-c4cc(-c5ccccc5-c5ccccc5)c5c(c4)-c4cccc6cccc-5c46)cc3)n2)cc1. The van der Waals surface area contributed by atoms with E-state index in [0.717, 1.165) is 22.3 Å². The minimum Gasteiger partial charge on any atom is -0.208 e. The van der Waals surface area contributed by atoms with E-state index in [1.807, 2.05) is 60.7 Å². The fraction of sp³-hybridized carbons (Fsp3) is 0. The first-order chi connectivity index (χ1) is 25.8. The third-order valence-electron chi connectivity index (χ3n) is 10.1. The van der Waals surface area contributed by atoms with Crippen LogP contribution in [-0.4, -0.2) is 15.0 Å². The molecule has 0 unspecified atom stereocenters. The van der Waals surface area contributed by atoms with E-state index in [-0.39, 0.29) is 0 Å². The van der Waals surface area contributed by atoms with Crippen molar-refractivity contribution in [1.82, 2.24) is 15.0 Å². The van der Waals surface area contributed by atoms with E-state index in [4.69, 9.17) is 15.0 Å². The molecule has 52 heavy (non-hydrogen) atoms. The van der Waals surface area contributed by atoms with Gasteiger partial charge in [-0.05, 0) is 78.5 Å². The summed E-state index contributed by atoms with van der Waals surface area (Å²) in [5.41, 5.74) is 15.2. The molecular weight excluding hydrogens is 631 g/mol. The molecule has 0 bridgehead atoms. The second-order valence-corrected chi connectivity index (χ2v) is 13.2. The Balaban J connectivity index is 1.14. The first-order valence-corrected chi connectivity index (χ1v) is 17.6. The number of rotatable bonds is 6. The lowest BCUT2D eigenvalue weighted by atomic mass is 9.86. The molecule has 0 amide bonds. The highest BCUT2D eigenvalue weighted by molar-refractivity contribution is 6.19. The van der Waals surface area contributed by atoms with Gasteiger partial charge < -0.3 is 0 Å². The van der Waals surface area contributed by atoms with Gasteiger partial charge in [-0.2, -0.15) is 0 Å². The summed E-state index contributed by atoms with van der Waals surface area (Å²) in [6, 6.07) is 66.5. The third-order valence-corrected chi connectivity index (χ3v) is 10.1. The maximum atomic E-state index is 4.96. The average Bonchev–Trinajstić information content (AvgIpc) is 3.56. The van der Waals surface area contributed by atoms with Crippen LogP contribution in [-0.2, 0) is 0 Å². The first-order valence-electron chi connectivity index (χ1n) is 17.6. The lowest BCUT2D eigenvalue weighted by Gasteiger charge is -2.17. The Hall–Kier alpha value is -6.97. The van der Waals surface area contributed by atoms with Crippen LogP contribution in [0.3, 0.4) is 0 Å². The first kappa shape index (κ1) is 29.9. The van der Waals surface area contributed by atoms with Crippen LogP contribution in [0.4, 0.5) is 0 Å². The molecule has 1 aliphatic rings. The normalized spacial score (nSPS) is 11.5. The van der Waals surface area contributed by atoms with Gasteiger partial charge in [-0.1, -0.05) is 176 Å². The van der Waals surface area contributed by atoms with Crippen LogP contribution in [0.15, 0.2) is 188 Å². The van der Waals surface area contributed by atoms with Gasteiger partial charge in [0.2, 0.25) is 0 Å². The summed E-state index contributed by atoms with van der Waals surface area (Å²) in [6.07, 6.45) is 0. The van der Waals surface area contributed by atoms with Crippen molar-refractivity contribution in [3.05, 3.63) is 188 Å². The fourth-order valence-electron chi connectivity index (χ4n) is 7.63. The molecule has 0 saturated carbocycles. The van der Waals surface area contributed by atoms with E-state index in [1.165, 1.54) is 60.8 Å². The molecule has 10 rings (SSSR count).